The quantitative estimate of drug-likeness (QED) is 0.751. The van der Waals surface area contributed by atoms with Crippen LogP contribution in [0.2, 0.25) is 0 Å². The van der Waals surface area contributed by atoms with Crippen LogP contribution < -0.4 is 16.6 Å². The van der Waals surface area contributed by atoms with Crippen molar-refractivity contribution in [2.75, 3.05) is 19.0 Å². The molecule has 0 bridgehead atoms. The van der Waals surface area contributed by atoms with E-state index in [2.05, 4.69) is 26.3 Å². The van der Waals surface area contributed by atoms with E-state index >= 15 is 0 Å². The number of nitrogens with zero attached hydrogens (tertiary/aromatic N) is 2. The molecule has 1 aromatic rings. The van der Waals surface area contributed by atoms with Crippen LogP contribution in [0.15, 0.2) is 15.5 Å². The molecule has 0 saturated carbocycles. The maximum absolute atomic E-state index is 12.1. The summed E-state index contributed by atoms with van der Waals surface area (Å²) in [5, 5.41) is 6.97. The average molecular weight is 347 g/mol. The molecule has 0 aliphatic carbocycles. The van der Waals surface area contributed by atoms with Crippen molar-refractivity contribution in [2.24, 2.45) is 11.7 Å². The number of hydrogen-bond donors (Lipinski definition) is 2. The van der Waals surface area contributed by atoms with Crippen LogP contribution in [0.1, 0.15) is 13.8 Å². The lowest BCUT2D eigenvalue weighted by Gasteiger charge is -2.20. The fourth-order valence-electron chi connectivity index (χ4n) is 1.64. The number of hydrogen-bond acceptors (Lipinski definition) is 5. The fraction of sp³-hybridized carbons (Fsp3) is 0.583. The van der Waals surface area contributed by atoms with E-state index in [1.807, 2.05) is 13.8 Å². The predicted molar refractivity (Wildman–Crippen MR) is 79.5 cm³/mol. The average Bonchev–Trinajstić information content (AvgIpc) is 2.38. The Morgan fingerprint density at radius 2 is 2.25 bits per heavy atom. The van der Waals surface area contributed by atoms with Crippen molar-refractivity contribution >= 4 is 27.5 Å². The zero-order valence-corrected chi connectivity index (χ0v) is 13.3. The normalized spacial score (nSPS) is 12.4. The molecule has 0 aliphatic rings. The third-order valence-corrected chi connectivity index (χ3v) is 3.54. The Morgan fingerprint density at radius 1 is 1.60 bits per heavy atom. The first-order valence-corrected chi connectivity index (χ1v) is 6.98. The number of nitrogens with one attached hydrogen (secondary N) is 1. The number of rotatable bonds is 7. The minimum atomic E-state index is -0.567. The zero-order valence-electron chi connectivity index (χ0n) is 11.7. The molecule has 0 aromatic carbocycles. The van der Waals surface area contributed by atoms with Crippen molar-refractivity contribution in [2.45, 2.75) is 26.4 Å². The summed E-state index contributed by atoms with van der Waals surface area (Å²) < 4.78 is 6.51. The van der Waals surface area contributed by atoms with E-state index in [0.29, 0.717) is 23.3 Å². The summed E-state index contributed by atoms with van der Waals surface area (Å²) in [5.41, 5.74) is 5.49. The summed E-state index contributed by atoms with van der Waals surface area (Å²) in [6, 6.07) is -0.567. The van der Waals surface area contributed by atoms with E-state index in [4.69, 9.17) is 10.5 Å². The molecule has 7 nitrogen and oxygen atoms in total. The highest BCUT2D eigenvalue weighted by Gasteiger charge is 2.21. The Balaban J connectivity index is 3.00. The highest BCUT2D eigenvalue weighted by atomic mass is 79.9. The van der Waals surface area contributed by atoms with Crippen LogP contribution in [0.5, 0.6) is 0 Å². The maximum Gasteiger partial charge on any atom is 0.283 e. The van der Waals surface area contributed by atoms with Gasteiger partial charge in [0.25, 0.3) is 5.56 Å². The van der Waals surface area contributed by atoms with Crippen LogP contribution in [-0.4, -0.2) is 35.4 Å². The van der Waals surface area contributed by atoms with Gasteiger partial charge in [0.1, 0.15) is 10.5 Å². The molecule has 20 heavy (non-hydrogen) atoms. The van der Waals surface area contributed by atoms with Crippen LogP contribution in [0.25, 0.3) is 0 Å². The number of anilines is 1. The number of ether oxygens (including phenoxy) is 1. The van der Waals surface area contributed by atoms with Crippen molar-refractivity contribution in [1.82, 2.24) is 9.78 Å². The lowest BCUT2D eigenvalue weighted by molar-refractivity contribution is -0.119. The summed E-state index contributed by atoms with van der Waals surface area (Å²) in [4.78, 5) is 23.4. The molecule has 0 saturated heterocycles. The van der Waals surface area contributed by atoms with Crippen molar-refractivity contribution in [3.8, 4) is 0 Å². The number of amides is 1. The van der Waals surface area contributed by atoms with Crippen LogP contribution in [-0.2, 0) is 16.1 Å². The van der Waals surface area contributed by atoms with Gasteiger partial charge in [-0.1, -0.05) is 13.8 Å². The fourth-order valence-corrected chi connectivity index (χ4v) is 2.06. The van der Waals surface area contributed by atoms with E-state index in [-0.39, 0.29) is 11.5 Å². The largest absolute Gasteiger partial charge is 0.383 e. The molecule has 8 heteroatoms. The molecule has 1 aromatic heterocycles. The Morgan fingerprint density at radius 3 is 2.75 bits per heavy atom. The molecular formula is C12H19BrN4O3. The second kappa shape index (κ2) is 7.39. The van der Waals surface area contributed by atoms with Crippen LogP contribution >= 0.6 is 15.9 Å². The molecule has 3 N–H and O–H groups in total. The number of methoxy groups -OCH3 is 1. The Labute approximate surface area is 125 Å². The van der Waals surface area contributed by atoms with Crippen LogP contribution in [0.3, 0.4) is 0 Å². The highest BCUT2D eigenvalue weighted by Crippen LogP contribution is 2.19. The van der Waals surface area contributed by atoms with E-state index in [9.17, 15) is 9.59 Å². The number of aromatic nitrogens is 2. The third kappa shape index (κ3) is 4.04. The SMILES string of the molecule is COCCn1ncc(NC(C(N)=O)C(C)C)c(Br)c1=O. The molecule has 112 valence electrons. The lowest BCUT2D eigenvalue weighted by atomic mass is 10.0. The number of halogens is 1. The third-order valence-electron chi connectivity index (χ3n) is 2.78. The van der Waals surface area contributed by atoms with Gasteiger partial charge in [-0.2, -0.15) is 5.10 Å². The number of primary amides is 1. The molecule has 0 spiro atoms. The monoisotopic (exact) mass is 346 g/mol. The molecule has 0 aliphatic heterocycles. The van der Waals surface area contributed by atoms with Gasteiger partial charge < -0.3 is 15.8 Å². The molecule has 1 heterocycles. The molecule has 0 fully saturated rings. The minimum Gasteiger partial charge on any atom is -0.383 e. The van der Waals surface area contributed by atoms with Crippen molar-refractivity contribution in [1.29, 1.82) is 0 Å². The Bertz CT molecular complexity index is 530. The molecule has 0 radical (unpaired) electrons. The lowest BCUT2D eigenvalue weighted by Crippen LogP contribution is -2.40. The van der Waals surface area contributed by atoms with Gasteiger partial charge in [-0.15, -0.1) is 0 Å². The highest BCUT2D eigenvalue weighted by molar-refractivity contribution is 9.10. The maximum atomic E-state index is 12.1. The Hall–Kier alpha value is -1.41. The van der Waals surface area contributed by atoms with Crippen molar-refractivity contribution < 1.29 is 9.53 Å². The molecule has 1 rings (SSSR count). The first-order chi connectivity index (χ1) is 9.38. The van der Waals surface area contributed by atoms with Crippen molar-refractivity contribution in [3.63, 3.8) is 0 Å². The summed E-state index contributed by atoms with van der Waals surface area (Å²) in [5.74, 6) is -0.481. The molecule has 1 unspecified atom stereocenters. The van der Waals surface area contributed by atoms with E-state index < -0.39 is 11.9 Å². The van der Waals surface area contributed by atoms with Gasteiger partial charge in [0.2, 0.25) is 5.91 Å². The minimum absolute atomic E-state index is 0.00433. The first-order valence-electron chi connectivity index (χ1n) is 6.18. The molecule has 1 atom stereocenters. The smallest absolute Gasteiger partial charge is 0.283 e. The summed E-state index contributed by atoms with van der Waals surface area (Å²) in [7, 11) is 1.55. The zero-order chi connectivity index (χ0) is 15.3. The number of carbonyl (C=O) groups excluding carboxylic acids is 1. The second-order valence-electron chi connectivity index (χ2n) is 4.66. The van der Waals surface area contributed by atoms with Crippen LogP contribution in [0, 0.1) is 5.92 Å². The predicted octanol–water partition coefficient (Wildman–Crippen LogP) is 0.574. The van der Waals surface area contributed by atoms with Gasteiger partial charge in [-0.25, -0.2) is 4.68 Å². The second-order valence-corrected chi connectivity index (χ2v) is 5.45. The van der Waals surface area contributed by atoms with Gasteiger partial charge >= 0.3 is 0 Å². The van der Waals surface area contributed by atoms with E-state index in [1.165, 1.54) is 10.9 Å². The van der Waals surface area contributed by atoms with Gasteiger partial charge in [0.05, 0.1) is 25.0 Å². The topological polar surface area (TPSA) is 99.2 Å². The van der Waals surface area contributed by atoms with Gasteiger partial charge in [-0.05, 0) is 21.8 Å². The number of nitrogens with two attached hydrogens (primary N) is 1. The number of carbonyl (C=O) groups is 1. The van der Waals surface area contributed by atoms with Crippen molar-refractivity contribution in [3.05, 3.63) is 21.0 Å². The van der Waals surface area contributed by atoms with Crippen LogP contribution in [0.4, 0.5) is 5.69 Å². The molecular weight excluding hydrogens is 328 g/mol. The van der Waals surface area contributed by atoms with Gasteiger partial charge in [-0.3, -0.25) is 9.59 Å². The molecule has 1 amide bonds. The summed E-state index contributed by atoms with van der Waals surface area (Å²) in [6.45, 7) is 4.48. The summed E-state index contributed by atoms with van der Waals surface area (Å²) in [6.07, 6.45) is 1.49. The standard InChI is InChI=1S/C12H19BrN4O3/c1-7(2)10(11(14)18)16-8-6-15-17(4-5-20-3)12(19)9(8)13/h6-7,10,16H,4-5H2,1-3H3,(H2,14,18). The van der Waals surface area contributed by atoms with Gasteiger partial charge in [0.15, 0.2) is 0 Å². The van der Waals surface area contributed by atoms with E-state index in [0.717, 1.165) is 0 Å². The van der Waals surface area contributed by atoms with Gasteiger partial charge in [0, 0.05) is 7.11 Å². The first kappa shape index (κ1) is 16.6. The Kier molecular flexibility index (Phi) is 6.15. The summed E-state index contributed by atoms with van der Waals surface area (Å²) >= 11 is 3.22. The van der Waals surface area contributed by atoms with E-state index in [1.54, 1.807) is 7.11 Å².